The van der Waals surface area contributed by atoms with Gasteiger partial charge in [0.15, 0.2) is 6.10 Å². The fraction of sp³-hybridized carbons (Fsp3) is 0.125. The molecule has 1 aromatic heterocycles. The summed E-state index contributed by atoms with van der Waals surface area (Å²) >= 11 is 5.91. The lowest BCUT2D eigenvalue weighted by atomic mass is 10.1. The molecule has 6 heteroatoms. The van der Waals surface area contributed by atoms with E-state index in [1.54, 1.807) is 48.7 Å². The SMILES string of the molecule is O=C1OC(COC(=O)c2ccc[nH]2)C=C1c1cccc(Cl)c1. The molecular formula is C16H12ClNO4. The van der Waals surface area contributed by atoms with E-state index in [4.69, 9.17) is 21.1 Å². The third-order valence-electron chi connectivity index (χ3n) is 3.16. The van der Waals surface area contributed by atoms with E-state index in [-0.39, 0.29) is 6.61 Å². The summed E-state index contributed by atoms with van der Waals surface area (Å²) in [6, 6.07) is 10.2. The third-order valence-corrected chi connectivity index (χ3v) is 3.40. The van der Waals surface area contributed by atoms with E-state index in [0.717, 1.165) is 0 Å². The molecule has 1 atom stereocenters. The Morgan fingerprint density at radius 3 is 2.91 bits per heavy atom. The molecule has 112 valence electrons. The van der Waals surface area contributed by atoms with Gasteiger partial charge in [0.05, 0.1) is 5.57 Å². The largest absolute Gasteiger partial charge is 0.457 e. The predicted octanol–water partition coefficient (Wildman–Crippen LogP) is 2.83. The smallest absolute Gasteiger partial charge is 0.354 e. The molecule has 0 spiro atoms. The number of ether oxygens (including phenoxy) is 2. The fourth-order valence-electron chi connectivity index (χ4n) is 2.13. The van der Waals surface area contributed by atoms with Gasteiger partial charge >= 0.3 is 11.9 Å². The van der Waals surface area contributed by atoms with Crippen molar-refractivity contribution >= 4 is 29.1 Å². The monoisotopic (exact) mass is 317 g/mol. The Bertz CT molecular complexity index is 736. The van der Waals surface area contributed by atoms with Crippen LogP contribution in [0.15, 0.2) is 48.7 Å². The molecule has 1 aromatic carbocycles. The minimum atomic E-state index is -0.597. The van der Waals surface area contributed by atoms with Gasteiger partial charge in [-0.25, -0.2) is 9.59 Å². The number of nitrogens with one attached hydrogen (secondary N) is 1. The number of esters is 2. The van der Waals surface area contributed by atoms with Gasteiger partial charge < -0.3 is 14.5 Å². The molecule has 0 fully saturated rings. The predicted molar refractivity (Wildman–Crippen MR) is 80.4 cm³/mol. The number of halogens is 1. The highest BCUT2D eigenvalue weighted by molar-refractivity contribution is 6.31. The lowest BCUT2D eigenvalue weighted by Crippen LogP contribution is -2.18. The molecular weight excluding hydrogens is 306 g/mol. The minimum absolute atomic E-state index is 0.0341. The molecule has 2 heterocycles. The van der Waals surface area contributed by atoms with Crippen molar-refractivity contribution in [3.8, 4) is 0 Å². The molecule has 0 bridgehead atoms. The van der Waals surface area contributed by atoms with Crippen LogP contribution in [-0.4, -0.2) is 29.6 Å². The van der Waals surface area contributed by atoms with Crippen LogP contribution in [0.1, 0.15) is 16.1 Å². The Kier molecular flexibility index (Phi) is 3.98. The van der Waals surface area contributed by atoms with Crippen molar-refractivity contribution < 1.29 is 19.1 Å². The van der Waals surface area contributed by atoms with E-state index in [9.17, 15) is 9.59 Å². The van der Waals surface area contributed by atoms with E-state index >= 15 is 0 Å². The van der Waals surface area contributed by atoms with Crippen molar-refractivity contribution in [3.05, 3.63) is 65.0 Å². The van der Waals surface area contributed by atoms with Crippen LogP contribution >= 0.6 is 11.6 Å². The fourth-order valence-corrected chi connectivity index (χ4v) is 2.32. The highest BCUT2D eigenvalue weighted by Gasteiger charge is 2.27. The standard InChI is InChI=1S/C16H12ClNO4/c17-11-4-1-3-10(7-11)13-8-12(22-15(13)19)9-21-16(20)14-5-2-6-18-14/h1-8,12,18H,9H2. The Labute approximate surface area is 131 Å². The van der Waals surface area contributed by atoms with Crippen molar-refractivity contribution in [1.29, 1.82) is 0 Å². The lowest BCUT2D eigenvalue weighted by molar-refractivity contribution is -0.139. The number of cyclic esters (lactones) is 1. The molecule has 1 N–H and O–H groups in total. The number of carbonyl (C=O) groups is 2. The van der Waals surface area contributed by atoms with Crippen LogP contribution < -0.4 is 0 Å². The number of aromatic nitrogens is 1. The molecule has 1 aliphatic rings. The van der Waals surface area contributed by atoms with Gasteiger partial charge in [-0.2, -0.15) is 0 Å². The summed E-state index contributed by atoms with van der Waals surface area (Å²) in [7, 11) is 0. The van der Waals surface area contributed by atoms with E-state index in [1.807, 2.05) is 0 Å². The van der Waals surface area contributed by atoms with E-state index in [1.165, 1.54) is 0 Å². The number of hydrogen-bond acceptors (Lipinski definition) is 4. The zero-order chi connectivity index (χ0) is 15.5. The summed E-state index contributed by atoms with van der Waals surface area (Å²) in [5, 5.41) is 0.535. The average Bonchev–Trinajstić information content (AvgIpc) is 3.14. The van der Waals surface area contributed by atoms with Gasteiger partial charge in [-0.05, 0) is 35.9 Å². The molecule has 5 nitrogen and oxygen atoms in total. The molecule has 1 unspecified atom stereocenters. The Morgan fingerprint density at radius 2 is 2.18 bits per heavy atom. The zero-order valence-electron chi connectivity index (χ0n) is 11.4. The quantitative estimate of drug-likeness (QED) is 0.880. The number of rotatable bonds is 4. The second-order valence-corrected chi connectivity index (χ2v) is 5.15. The molecule has 22 heavy (non-hydrogen) atoms. The summed E-state index contributed by atoms with van der Waals surface area (Å²) in [5.74, 6) is -0.950. The van der Waals surface area contributed by atoms with E-state index in [0.29, 0.717) is 21.9 Å². The first-order valence-corrected chi connectivity index (χ1v) is 7.00. The Balaban J connectivity index is 1.67. The molecule has 0 saturated carbocycles. The van der Waals surface area contributed by atoms with E-state index in [2.05, 4.69) is 4.98 Å². The second-order valence-electron chi connectivity index (χ2n) is 4.72. The topological polar surface area (TPSA) is 68.4 Å². The number of carbonyl (C=O) groups excluding carboxylic acids is 2. The lowest BCUT2D eigenvalue weighted by Gasteiger charge is -2.08. The maximum Gasteiger partial charge on any atom is 0.354 e. The van der Waals surface area contributed by atoms with Crippen molar-refractivity contribution in [1.82, 2.24) is 4.98 Å². The number of hydrogen-bond donors (Lipinski definition) is 1. The van der Waals surface area contributed by atoms with Crippen molar-refractivity contribution in [3.63, 3.8) is 0 Å². The highest BCUT2D eigenvalue weighted by Crippen LogP contribution is 2.26. The Hall–Kier alpha value is -2.53. The summed E-state index contributed by atoms with van der Waals surface area (Å²) in [6.45, 7) is -0.0341. The van der Waals surface area contributed by atoms with E-state index < -0.39 is 18.0 Å². The molecule has 0 radical (unpaired) electrons. The van der Waals surface area contributed by atoms with Gasteiger partial charge in [-0.1, -0.05) is 23.7 Å². The van der Waals surface area contributed by atoms with Gasteiger partial charge in [0.2, 0.25) is 0 Å². The average molecular weight is 318 g/mol. The third kappa shape index (κ3) is 3.04. The maximum absolute atomic E-state index is 11.9. The Morgan fingerprint density at radius 1 is 1.32 bits per heavy atom. The molecule has 0 saturated heterocycles. The number of H-pyrrole nitrogens is 1. The van der Waals surface area contributed by atoms with Crippen LogP contribution in [-0.2, 0) is 14.3 Å². The normalized spacial score (nSPS) is 17.0. The van der Waals surface area contributed by atoms with Crippen LogP contribution in [0.3, 0.4) is 0 Å². The van der Waals surface area contributed by atoms with Crippen LogP contribution in [0.5, 0.6) is 0 Å². The summed E-state index contributed by atoms with van der Waals surface area (Å²) in [5.41, 5.74) is 1.45. The first-order valence-electron chi connectivity index (χ1n) is 6.63. The van der Waals surface area contributed by atoms with Crippen molar-refractivity contribution in [2.24, 2.45) is 0 Å². The van der Waals surface area contributed by atoms with Crippen LogP contribution in [0.25, 0.3) is 5.57 Å². The maximum atomic E-state index is 11.9. The van der Waals surface area contributed by atoms with Gasteiger partial charge in [-0.3, -0.25) is 0 Å². The van der Waals surface area contributed by atoms with Gasteiger partial charge in [0, 0.05) is 11.2 Å². The summed E-state index contributed by atoms with van der Waals surface area (Å²) < 4.78 is 10.3. The second kappa shape index (κ2) is 6.07. The molecule has 0 aliphatic carbocycles. The summed E-state index contributed by atoms with van der Waals surface area (Å²) in [4.78, 5) is 26.3. The van der Waals surface area contributed by atoms with Crippen molar-refractivity contribution in [2.45, 2.75) is 6.10 Å². The van der Waals surface area contributed by atoms with Gasteiger partial charge in [-0.15, -0.1) is 0 Å². The molecule has 0 amide bonds. The zero-order valence-corrected chi connectivity index (χ0v) is 12.2. The van der Waals surface area contributed by atoms with Gasteiger partial charge in [0.25, 0.3) is 0 Å². The molecule has 1 aliphatic heterocycles. The first kappa shape index (κ1) is 14.4. The van der Waals surface area contributed by atoms with Crippen LogP contribution in [0.4, 0.5) is 0 Å². The molecule has 2 aromatic rings. The van der Waals surface area contributed by atoms with Gasteiger partial charge in [0.1, 0.15) is 12.3 Å². The highest BCUT2D eigenvalue weighted by atomic mass is 35.5. The summed E-state index contributed by atoms with van der Waals surface area (Å²) in [6.07, 6.45) is 2.67. The number of benzene rings is 1. The number of aromatic amines is 1. The molecule has 3 rings (SSSR count). The van der Waals surface area contributed by atoms with Crippen LogP contribution in [0, 0.1) is 0 Å². The van der Waals surface area contributed by atoms with Crippen LogP contribution in [0.2, 0.25) is 5.02 Å². The van der Waals surface area contributed by atoms with Crippen molar-refractivity contribution in [2.75, 3.05) is 6.61 Å². The first-order chi connectivity index (χ1) is 10.6. The minimum Gasteiger partial charge on any atom is -0.457 e.